The highest BCUT2D eigenvalue weighted by Crippen LogP contribution is 2.74. The molecule has 2 N–H and O–H groups in total. The monoisotopic (exact) mass is 922 g/mol. The molecule has 1 saturated heterocycles. The number of allylic oxidation sites excluding steroid dienone is 1. The van der Waals surface area contributed by atoms with Crippen molar-refractivity contribution in [1.29, 1.82) is 0 Å². The number of aromatic nitrogens is 2. The minimum absolute atomic E-state index is 0.00649. The zero-order chi connectivity index (χ0) is 45.4. The number of methoxy groups -OCH3 is 1. The average molecular weight is 923 g/mol. The van der Waals surface area contributed by atoms with Crippen LogP contribution in [0.3, 0.4) is 0 Å². The van der Waals surface area contributed by atoms with Gasteiger partial charge in [-0.25, -0.2) is 14.4 Å². The van der Waals surface area contributed by atoms with Crippen molar-refractivity contribution in [3.05, 3.63) is 76.9 Å². The molecule has 0 radical (unpaired) electrons. The van der Waals surface area contributed by atoms with Crippen molar-refractivity contribution in [2.75, 3.05) is 19.0 Å². The first kappa shape index (κ1) is 46.6. The first-order valence-corrected chi connectivity index (χ1v) is 24.7. The standard InChI is InChI=1S/C47H57ClFN4O8PS/c1-8-28-22-47(28,62(57,58)25-33-35(48)14-11-15-36(33)49)23-41(54)40-19-31(24-53(40)44(56)34(46(4,5)6)20-43(55)61-29-12-9-10-13-29)60-42-21-38(39-26-63-45(52-39)50-27(2)3)51-37-18-30(59-7)16-17-32(37)42/h8,11,14-18,21,26-29,31,34,40H,1,9-10,12-13,19-20,22-25H2,2-7H3,(H,50,52)(H,57,58)/t28-,31-,34-,40+,47-/m1/s1. The second-order valence-corrected chi connectivity index (χ2v) is 22.5. The predicted molar refractivity (Wildman–Crippen MR) is 244 cm³/mol. The van der Waals surface area contributed by atoms with E-state index in [9.17, 15) is 23.8 Å². The molecule has 3 heterocycles. The number of pyridine rings is 1. The number of amides is 1. The molecule has 338 valence electrons. The van der Waals surface area contributed by atoms with Gasteiger partial charge in [0.2, 0.25) is 13.3 Å². The van der Waals surface area contributed by atoms with Crippen LogP contribution < -0.4 is 14.8 Å². The lowest BCUT2D eigenvalue weighted by molar-refractivity contribution is -0.156. The van der Waals surface area contributed by atoms with Crippen molar-refractivity contribution >= 4 is 64.0 Å². The Hall–Kier alpha value is -4.36. The average Bonchev–Trinajstić information content (AvgIpc) is 3.62. The van der Waals surface area contributed by atoms with Gasteiger partial charge in [0.1, 0.15) is 35.2 Å². The van der Waals surface area contributed by atoms with Crippen LogP contribution in [0.15, 0.2) is 60.5 Å². The topological polar surface area (TPSA) is 157 Å². The SMILES string of the molecule is C=C[C@@H]1C[C@]1(CC(=O)[C@@H]1C[C@@H](Oc2cc(-c3csc(NC(C)C)n3)nc3cc(OC)ccc23)CN1C(=O)[C@@H](CC(=O)OC1CCCC1)C(C)(C)C)P(=O)(O)Cc1c(F)cccc1Cl. The number of likely N-dealkylation sites (tertiary alicyclic amines) is 1. The Labute approximate surface area is 377 Å². The summed E-state index contributed by atoms with van der Waals surface area (Å²) in [5.41, 5.74) is 0.950. The van der Waals surface area contributed by atoms with Crippen LogP contribution in [0.4, 0.5) is 9.52 Å². The number of ketones is 1. The predicted octanol–water partition coefficient (Wildman–Crippen LogP) is 10.2. The molecular weight excluding hydrogens is 866 g/mol. The molecule has 1 unspecified atom stereocenters. The third kappa shape index (κ3) is 10.1. The number of nitrogens with zero attached hydrogens (tertiary/aromatic N) is 3. The molecule has 12 nitrogen and oxygen atoms in total. The Morgan fingerprint density at radius 2 is 1.87 bits per heavy atom. The van der Waals surface area contributed by atoms with E-state index in [4.69, 9.17) is 35.8 Å². The maximum Gasteiger partial charge on any atom is 0.306 e. The van der Waals surface area contributed by atoms with Crippen LogP contribution in [0, 0.1) is 23.1 Å². The molecule has 3 aliphatic rings. The van der Waals surface area contributed by atoms with Crippen molar-refractivity contribution in [2.24, 2.45) is 17.3 Å². The van der Waals surface area contributed by atoms with Crippen molar-refractivity contribution in [3.8, 4) is 22.9 Å². The second-order valence-electron chi connectivity index (χ2n) is 18.6. The summed E-state index contributed by atoms with van der Waals surface area (Å²) in [6, 6.07) is 10.4. The number of carbonyl (C=O) groups excluding carboxylic acids is 3. The zero-order valence-corrected chi connectivity index (χ0v) is 39.2. The lowest BCUT2D eigenvalue weighted by Gasteiger charge is -2.35. The Morgan fingerprint density at radius 1 is 1.13 bits per heavy atom. The summed E-state index contributed by atoms with van der Waals surface area (Å²) in [6.45, 7) is 13.6. The molecule has 7 rings (SSSR count). The molecule has 1 amide bonds. The van der Waals surface area contributed by atoms with E-state index in [0.717, 1.165) is 30.8 Å². The minimum atomic E-state index is -4.33. The van der Waals surface area contributed by atoms with Crippen LogP contribution in [0.1, 0.15) is 91.5 Å². The van der Waals surface area contributed by atoms with Gasteiger partial charge >= 0.3 is 5.97 Å². The molecule has 63 heavy (non-hydrogen) atoms. The van der Waals surface area contributed by atoms with Gasteiger partial charge in [-0.1, -0.05) is 44.5 Å². The molecule has 2 aromatic heterocycles. The maximum absolute atomic E-state index is 15.0. The molecular formula is C47H57ClFN4O8PS. The van der Waals surface area contributed by atoms with Crippen molar-refractivity contribution < 1.29 is 42.4 Å². The molecule has 2 saturated carbocycles. The Morgan fingerprint density at radius 3 is 2.52 bits per heavy atom. The Bertz CT molecular complexity index is 2410. The summed E-state index contributed by atoms with van der Waals surface area (Å²) in [4.78, 5) is 66.3. The minimum Gasteiger partial charge on any atom is -0.497 e. The number of ether oxygens (including phenoxy) is 3. The van der Waals surface area contributed by atoms with Gasteiger partial charge in [0.15, 0.2) is 10.9 Å². The first-order chi connectivity index (χ1) is 29.8. The van der Waals surface area contributed by atoms with Crippen LogP contribution in [-0.2, 0) is 29.8 Å². The Balaban J connectivity index is 1.23. The number of fused-ring (bicyclic) bond motifs is 1. The van der Waals surface area contributed by atoms with E-state index in [-0.39, 0.29) is 55.0 Å². The smallest absolute Gasteiger partial charge is 0.306 e. The van der Waals surface area contributed by atoms with E-state index in [1.165, 1.54) is 34.4 Å². The fourth-order valence-electron chi connectivity index (χ4n) is 9.05. The summed E-state index contributed by atoms with van der Waals surface area (Å²) in [6.07, 6.45) is 3.29. The third-order valence-corrected chi connectivity index (χ3v) is 16.6. The van der Waals surface area contributed by atoms with Gasteiger partial charge in [-0.2, -0.15) is 0 Å². The number of Topliss-reactive ketones (excluding diaryl/α,β-unsaturated/α-hetero) is 1. The van der Waals surface area contributed by atoms with Crippen molar-refractivity contribution in [3.63, 3.8) is 0 Å². The number of rotatable bonds is 17. The van der Waals surface area contributed by atoms with Crippen LogP contribution >= 0.6 is 30.3 Å². The number of hydrogen-bond donors (Lipinski definition) is 2. The molecule has 4 aromatic rings. The van der Waals surface area contributed by atoms with E-state index in [2.05, 4.69) is 11.9 Å². The summed E-state index contributed by atoms with van der Waals surface area (Å²) < 4.78 is 47.6. The molecule has 2 aliphatic carbocycles. The maximum atomic E-state index is 15.0. The Kier molecular flexibility index (Phi) is 13.8. The zero-order valence-electron chi connectivity index (χ0n) is 36.7. The van der Waals surface area contributed by atoms with Gasteiger partial charge in [0.25, 0.3) is 0 Å². The van der Waals surface area contributed by atoms with E-state index >= 15 is 4.39 Å². The van der Waals surface area contributed by atoms with Crippen molar-refractivity contribution in [1.82, 2.24) is 14.9 Å². The normalized spacial score (nSPS) is 22.8. The lowest BCUT2D eigenvalue weighted by atomic mass is 9.77. The quantitative estimate of drug-likeness (QED) is 0.0590. The summed E-state index contributed by atoms with van der Waals surface area (Å²) in [7, 11) is -2.76. The summed E-state index contributed by atoms with van der Waals surface area (Å²) in [5.74, 6) is -2.36. The first-order valence-electron chi connectivity index (χ1n) is 21.6. The number of hydrogen-bond acceptors (Lipinski definition) is 11. The number of thiazole rings is 1. The number of nitrogens with one attached hydrogen (secondary N) is 1. The van der Waals surface area contributed by atoms with E-state index in [0.29, 0.717) is 33.8 Å². The molecule has 2 aromatic carbocycles. The number of anilines is 1. The third-order valence-electron chi connectivity index (χ3n) is 12.7. The van der Waals surface area contributed by atoms with Crippen LogP contribution in [-0.4, -0.2) is 80.5 Å². The number of esters is 1. The van der Waals surface area contributed by atoms with Crippen molar-refractivity contribution in [2.45, 2.75) is 122 Å². The molecule has 0 bridgehead atoms. The highest BCUT2D eigenvalue weighted by molar-refractivity contribution is 7.59. The van der Waals surface area contributed by atoms with Gasteiger partial charge in [0.05, 0.1) is 54.6 Å². The molecule has 0 spiro atoms. The number of benzene rings is 2. The van der Waals surface area contributed by atoms with E-state index in [1.807, 2.05) is 46.1 Å². The van der Waals surface area contributed by atoms with Gasteiger partial charge in [-0.05, 0) is 81.5 Å². The van der Waals surface area contributed by atoms with Crippen LogP contribution in [0.25, 0.3) is 22.3 Å². The largest absolute Gasteiger partial charge is 0.497 e. The number of carbonyl (C=O) groups is 3. The van der Waals surface area contributed by atoms with Gasteiger partial charge < -0.3 is 29.3 Å². The summed E-state index contributed by atoms with van der Waals surface area (Å²) >= 11 is 7.77. The van der Waals surface area contributed by atoms with Gasteiger partial charge in [-0.3, -0.25) is 18.9 Å². The van der Waals surface area contributed by atoms with E-state index in [1.54, 1.807) is 31.4 Å². The molecule has 3 fully saturated rings. The fourth-order valence-corrected chi connectivity index (χ4v) is 12.8. The second kappa shape index (κ2) is 18.6. The van der Waals surface area contributed by atoms with Gasteiger partial charge in [-0.15, -0.1) is 17.9 Å². The summed E-state index contributed by atoms with van der Waals surface area (Å²) in [5, 5.41) is 5.21. The van der Waals surface area contributed by atoms with Crippen LogP contribution in [0.5, 0.6) is 11.5 Å². The molecule has 1 aliphatic heterocycles. The highest BCUT2D eigenvalue weighted by atomic mass is 35.5. The fraction of sp³-hybridized carbons (Fsp3) is 0.511. The van der Waals surface area contributed by atoms with Crippen LogP contribution in [0.2, 0.25) is 5.02 Å². The highest BCUT2D eigenvalue weighted by Gasteiger charge is 2.65. The van der Waals surface area contributed by atoms with E-state index < -0.39 is 71.6 Å². The van der Waals surface area contributed by atoms with Gasteiger partial charge in [0, 0.05) is 52.4 Å². The number of halogens is 2. The lowest BCUT2D eigenvalue weighted by Crippen LogP contribution is -2.48. The molecule has 16 heteroatoms. The molecule has 6 atom stereocenters.